The maximum absolute atomic E-state index is 11.2. The number of carboxylic acid groups (broad SMARTS) is 1. The Balaban J connectivity index is 3.63. The Labute approximate surface area is 188 Å². The van der Waals surface area contributed by atoms with E-state index in [1.807, 2.05) is 0 Å². The highest BCUT2D eigenvalue weighted by molar-refractivity contribution is 5.73. The lowest BCUT2D eigenvalue weighted by atomic mass is 9.87. The number of unbranched alkanes of at least 4 members (excludes halogenated alkanes) is 12. The van der Waals surface area contributed by atoms with Crippen LogP contribution in [-0.2, 0) is 4.79 Å². The van der Waals surface area contributed by atoms with Crippen molar-refractivity contribution in [2.24, 2.45) is 5.41 Å². The van der Waals surface area contributed by atoms with Gasteiger partial charge in [-0.15, -0.1) is 0 Å². The van der Waals surface area contributed by atoms with E-state index in [2.05, 4.69) is 21.0 Å². The summed E-state index contributed by atoms with van der Waals surface area (Å²) in [5.41, 5.74) is -0.634. The summed E-state index contributed by atoms with van der Waals surface area (Å²) in [5, 5.41) is 19.6. The van der Waals surface area contributed by atoms with Crippen LogP contribution in [0.1, 0.15) is 124 Å². The molecule has 0 aliphatic carbocycles. The van der Waals surface area contributed by atoms with Crippen molar-refractivity contribution in [1.29, 1.82) is 0 Å². The van der Waals surface area contributed by atoms with Gasteiger partial charge in [-0.1, -0.05) is 84.0 Å². The number of carbonyl (C=O) groups is 1. The molecule has 4 nitrogen and oxygen atoms in total. The minimum absolute atomic E-state index is 0.224. The summed E-state index contributed by atoms with van der Waals surface area (Å²) >= 11 is 0. The maximum atomic E-state index is 11.2. The molecule has 0 spiro atoms. The minimum atomic E-state index is -0.714. The summed E-state index contributed by atoms with van der Waals surface area (Å²) in [6, 6.07) is 0. The quantitative estimate of drug-likeness (QED) is 0.156. The van der Waals surface area contributed by atoms with Crippen molar-refractivity contribution in [3.05, 3.63) is 0 Å². The third-order valence-electron chi connectivity index (χ3n) is 6.49. The van der Waals surface area contributed by atoms with Crippen LogP contribution in [0.2, 0.25) is 0 Å². The molecule has 0 radical (unpaired) electrons. The highest BCUT2D eigenvalue weighted by atomic mass is 16.4. The first-order chi connectivity index (χ1) is 14.1. The minimum Gasteiger partial charge on any atom is -0.481 e. The fraction of sp³-hybridized carbons (Fsp3) is 0.962. The topological polar surface area (TPSA) is 57.5 Å². The number of aliphatic carboxylic acids is 1. The van der Waals surface area contributed by atoms with E-state index in [4.69, 9.17) is 0 Å². The Morgan fingerprint density at radius 1 is 0.800 bits per heavy atom. The van der Waals surface area contributed by atoms with Crippen molar-refractivity contribution in [3.8, 4) is 0 Å². The first-order valence-electron chi connectivity index (χ1n) is 12.8. The van der Waals surface area contributed by atoms with Crippen molar-refractivity contribution in [1.82, 2.24) is 0 Å². The normalized spacial score (nSPS) is 13.5. The molecular formula is C26H54NO3+. The molecule has 0 aromatic carbocycles. The van der Waals surface area contributed by atoms with Crippen LogP contribution in [0.4, 0.5) is 0 Å². The Morgan fingerprint density at radius 3 is 1.73 bits per heavy atom. The Hall–Kier alpha value is -0.610. The van der Waals surface area contributed by atoms with Crippen molar-refractivity contribution in [2.75, 3.05) is 27.2 Å². The summed E-state index contributed by atoms with van der Waals surface area (Å²) in [5.74, 6) is -0.714. The van der Waals surface area contributed by atoms with Gasteiger partial charge in [0.25, 0.3) is 0 Å². The van der Waals surface area contributed by atoms with Crippen LogP contribution in [0.3, 0.4) is 0 Å². The van der Waals surface area contributed by atoms with E-state index in [-0.39, 0.29) is 6.10 Å². The zero-order valence-electron chi connectivity index (χ0n) is 21.1. The smallest absolute Gasteiger partial charge is 0.309 e. The van der Waals surface area contributed by atoms with Crippen molar-refractivity contribution in [2.45, 2.75) is 130 Å². The number of likely N-dealkylation sites (N-methyl/N-ethyl adjacent to an activating group) is 1. The number of quaternary nitrogens is 1. The first kappa shape index (κ1) is 29.4. The van der Waals surface area contributed by atoms with Crippen LogP contribution < -0.4 is 0 Å². The average Bonchev–Trinajstić information content (AvgIpc) is 2.65. The van der Waals surface area contributed by atoms with Crippen molar-refractivity contribution in [3.63, 3.8) is 0 Å². The summed E-state index contributed by atoms with van der Waals surface area (Å²) in [7, 11) is 4.35. The monoisotopic (exact) mass is 428 g/mol. The van der Waals surface area contributed by atoms with Gasteiger partial charge in [0.05, 0.1) is 26.1 Å². The third kappa shape index (κ3) is 17.1. The number of aliphatic hydroxyl groups is 1. The molecule has 0 saturated heterocycles. The first-order valence-corrected chi connectivity index (χ1v) is 12.8. The van der Waals surface area contributed by atoms with E-state index in [1.165, 1.54) is 70.6 Å². The molecule has 0 aliphatic heterocycles. The molecular weight excluding hydrogens is 374 g/mol. The lowest BCUT2D eigenvalue weighted by Crippen LogP contribution is -2.46. The molecule has 0 rings (SSSR count). The molecule has 30 heavy (non-hydrogen) atoms. The van der Waals surface area contributed by atoms with Gasteiger partial charge in [-0.3, -0.25) is 4.79 Å². The van der Waals surface area contributed by atoms with Gasteiger partial charge >= 0.3 is 5.97 Å². The number of nitrogens with zero attached hydrogens (tertiary/aromatic N) is 1. The van der Waals surface area contributed by atoms with Crippen LogP contribution in [-0.4, -0.2) is 54.0 Å². The van der Waals surface area contributed by atoms with E-state index in [1.54, 1.807) is 13.8 Å². The average molecular weight is 429 g/mol. The van der Waals surface area contributed by atoms with Crippen LogP contribution in [0.25, 0.3) is 0 Å². The predicted octanol–water partition coefficient (Wildman–Crippen LogP) is 6.80. The Bertz CT molecular complexity index is 421. The Morgan fingerprint density at radius 2 is 1.27 bits per heavy atom. The van der Waals surface area contributed by atoms with Gasteiger partial charge < -0.3 is 14.7 Å². The predicted molar refractivity (Wildman–Crippen MR) is 129 cm³/mol. The van der Waals surface area contributed by atoms with Gasteiger partial charge in [-0.2, -0.15) is 0 Å². The highest BCUT2D eigenvalue weighted by Gasteiger charge is 2.27. The third-order valence-corrected chi connectivity index (χ3v) is 6.49. The standard InChI is InChI=1S/C26H53NO3/c1-6-7-8-9-10-11-12-13-14-15-16-17-20-24(28)23-27(4,5)22-19-18-21-26(2,3)25(29)30/h24,28H,6-23H2,1-5H3/p+1. The van der Waals surface area contributed by atoms with Crippen LogP contribution in [0, 0.1) is 5.41 Å². The number of carboxylic acids is 1. The van der Waals surface area contributed by atoms with Gasteiger partial charge in [-0.25, -0.2) is 0 Å². The summed E-state index contributed by atoms with van der Waals surface area (Å²) in [6.45, 7) is 7.65. The van der Waals surface area contributed by atoms with Crippen LogP contribution >= 0.6 is 0 Å². The molecule has 0 aliphatic rings. The highest BCUT2D eigenvalue weighted by Crippen LogP contribution is 2.23. The maximum Gasteiger partial charge on any atom is 0.309 e. The number of rotatable bonds is 21. The number of hydrogen-bond acceptors (Lipinski definition) is 2. The van der Waals surface area contributed by atoms with Gasteiger partial charge in [0, 0.05) is 0 Å². The van der Waals surface area contributed by atoms with E-state index in [0.29, 0.717) is 6.42 Å². The number of aliphatic hydroxyl groups excluding tert-OH is 1. The molecule has 4 heteroatoms. The molecule has 0 heterocycles. The lowest BCUT2D eigenvalue weighted by molar-refractivity contribution is -0.893. The van der Waals surface area contributed by atoms with Crippen LogP contribution in [0.5, 0.6) is 0 Å². The second-order valence-corrected chi connectivity index (χ2v) is 10.8. The fourth-order valence-electron chi connectivity index (χ4n) is 4.19. The van der Waals surface area contributed by atoms with E-state index >= 15 is 0 Å². The van der Waals surface area contributed by atoms with E-state index < -0.39 is 11.4 Å². The molecule has 2 N–H and O–H groups in total. The molecule has 0 bridgehead atoms. The largest absolute Gasteiger partial charge is 0.481 e. The van der Waals surface area contributed by atoms with E-state index in [0.717, 1.165) is 43.3 Å². The van der Waals surface area contributed by atoms with Crippen molar-refractivity contribution >= 4 is 5.97 Å². The molecule has 1 unspecified atom stereocenters. The van der Waals surface area contributed by atoms with Gasteiger partial charge in [0.2, 0.25) is 0 Å². The SMILES string of the molecule is CCCCCCCCCCCCCCC(O)C[N+](C)(C)CCCCC(C)(C)C(=O)O. The lowest BCUT2D eigenvalue weighted by Gasteiger charge is -2.32. The number of hydrogen-bond donors (Lipinski definition) is 2. The fourth-order valence-corrected chi connectivity index (χ4v) is 4.19. The molecule has 180 valence electrons. The molecule has 0 aromatic heterocycles. The molecule has 0 fully saturated rings. The van der Waals surface area contributed by atoms with Crippen LogP contribution in [0.15, 0.2) is 0 Å². The molecule has 0 aromatic rings. The zero-order valence-corrected chi connectivity index (χ0v) is 21.1. The molecule has 0 amide bonds. The Kier molecular flexibility index (Phi) is 16.7. The van der Waals surface area contributed by atoms with Gasteiger partial charge in [0.15, 0.2) is 0 Å². The van der Waals surface area contributed by atoms with Gasteiger partial charge in [0.1, 0.15) is 12.6 Å². The van der Waals surface area contributed by atoms with Gasteiger partial charge in [-0.05, 0) is 39.5 Å². The molecule has 0 saturated carbocycles. The second-order valence-electron chi connectivity index (χ2n) is 10.8. The van der Waals surface area contributed by atoms with Crippen molar-refractivity contribution < 1.29 is 19.5 Å². The second kappa shape index (κ2) is 17.0. The summed E-state index contributed by atoms with van der Waals surface area (Å²) < 4.78 is 0.812. The van der Waals surface area contributed by atoms with E-state index in [9.17, 15) is 15.0 Å². The molecule has 1 atom stereocenters. The summed E-state index contributed by atoms with van der Waals surface area (Å²) in [6.07, 6.45) is 19.5. The summed E-state index contributed by atoms with van der Waals surface area (Å²) in [4.78, 5) is 11.2. The zero-order chi connectivity index (χ0) is 22.9.